The van der Waals surface area contributed by atoms with Gasteiger partial charge in [0.2, 0.25) is 5.91 Å². The number of carbonyl (C=O) groups is 1. The fraction of sp³-hybridized carbons (Fsp3) is 0.500. The molecular formula is C16H21N3OS2. The van der Waals surface area contributed by atoms with Crippen molar-refractivity contribution in [3.8, 4) is 0 Å². The lowest BCUT2D eigenvalue weighted by Crippen LogP contribution is -2.26. The van der Waals surface area contributed by atoms with Gasteiger partial charge in [0.25, 0.3) is 0 Å². The molecule has 118 valence electrons. The summed E-state index contributed by atoms with van der Waals surface area (Å²) in [6.45, 7) is 2.93. The van der Waals surface area contributed by atoms with Gasteiger partial charge in [0.1, 0.15) is 0 Å². The lowest BCUT2D eigenvalue weighted by molar-refractivity contribution is -0.121. The molecule has 0 aliphatic carbocycles. The maximum atomic E-state index is 11.8. The highest BCUT2D eigenvalue weighted by Crippen LogP contribution is 2.24. The number of hydrogen-bond donors (Lipinski definition) is 1. The fourth-order valence-electron chi connectivity index (χ4n) is 2.58. The molecule has 0 atom stereocenters. The number of aryl methyl sites for hydroxylation is 1. The van der Waals surface area contributed by atoms with Crippen molar-refractivity contribution in [1.82, 2.24) is 10.3 Å². The van der Waals surface area contributed by atoms with E-state index in [0.717, 1.165) is 36.8 Å². The van der Waals surface area contributed by atoms with Crippen LogP contribution in [0.4, 0.5) is 5.13 Å². The highest BCUT2D eigenvalue weighted by Gasteiger charge is 2.15. The number of nitrogens with one attached hydrogen (secondary N) is 1. The number of amides is 1. The number of carbonyl (C=O) groups excluding carboxylic acids is 1. The molecule has 0 spiro atoms. The van der Waals surface area contributed by atoms with Gasteiger partial charge in [-0.05, 0) is 41.7 Å². The van der Waals surface area contributed by atoms with Crippen LogP contribution in [0.2, 0.25) is 0 Å². The molecule has 3 rings (SSSR count). The minimum Gasteiger partial charge on any atom is -0.356 e. The average Bonchev–Trinajstić information content (AvgIpc) is 3.26. The summed E-state index contributed by atoms with van der Waals surface area (Å²) in [5.41, 5.74) is 2.33. The summed E-state index contributed by atoms with van der Waals surface area (Å²) in [7, 11) is 0. The SMILES string of the molecule is O=C(CCc1ccsc1)NCCc1csc(N2CCCC2)n1. The van der Waals surface area contributed by atoms with Crippen LogP contribution in [0.25, 0.3) is 0 Å². The molecule has 1 saturated heterocycles. The van der Waals surface area contributed by atoms with Crippen molar-refractivity contribution in [1.29, 1.82) is 0 Å². The van der Waals surface area contributed by atoms with Crippen LogP contribution < -0.4 is 10.2 Å². The van der Waals surface area contributed by atoms with Gasteiger partial charge in [-0.15, -0.1) is 11.3 Å². The minimum atomic E-state index is 0.126. The van der Waals surface area contributed by atoms with Gasteiger partial charge in [0.05, 0.1) is 5.69 Å². The van der Waals surface area contributed by atoms with Crippen molar-refractivity contribution in [2.75, 3.05) is 24.5 Å². The first-order chi connectivity index (χ1) is 10.8. The lowest BCUT2D eigenvalue weighted by Gasteiger charge is -2.12. The third-order valence-corrected chi connectivity index (χ3v) is 5.52. The van der Waals surface area contributed by atoms with Crippen LogP contribution in [0, 0.1) is 0 Å². The molecule has 0 unspecified atom stereocenters. The topological polar surface area (TPSA) is 45.2 Å². The molecule has 0 saturated carbocycles. The summed E-state index contributed by atoms with van der Waals surface area (Å²) >= 11 is 3.39. The second kappa shape index (κ2) is 7.74. The molecule has 3 heterocycles. The molecule has 0 bridgehead atoms. The first-order valence-corrected chi connectivity index (χ1v) is 9.60. The molecule has 1 fully saturated rings. The molecule has 0 radical (unpaired) electrons. The monoisotopic (exact) mass is 335 g/mol. The van der Waals surface area contributed by atoms with E-state index in [1.165, 1.54) is 18.4 Å². The van der Waals surface area contributed by atoms with Crippen LogP contribution in [-0.2, 0) is 17.6 Å². The number of thiophene rings is 1. The molecule has 22 heavy (non-hydrogen) atoms. The van der Waals surface area contributed by atoms with Crippen molar-refractivity contribution >= 4 is 33.7 Å². The summed E-state index contributed by atoms with van der Waals surface area (Å²) in [6, 6.07) is 2.08. The van der Waals surface area contributed by atoms with Gasteiger partial charge in [-0.1, -0.05) is 0 Å². The number of rotatable bonds is 7. The molecule has 1 amide bonds. The van der Waals surface area contributed by atoms with Crippen molar-refractivity contribution in [3.05, 3.63) is 33.5 Å². The molecule has 1 aliphatic rings. The zero-order valence-corrected chi connectivity index (χ0v) is 14.2. The summed E-state index contributed by atoms with van der Waals surface area (Å²) in [5, 5.41) is 10.4. The number of hydrogen-bond acceptors (Lipinski definition) is 5. The van der Waals surface area contributed by atoms with Gasteiger partial charge in [0, 0.05) is 37.9 Å². The molecule has 1 N–H and O–H groups in total. The van der Waals surface area contributed by atoms with Gasteiger partial charge in [-0.2, -0.15) is 11.3 Å². The number of aromatic nitrogens is 1. The first-order valence-electron chi connectivity index (χ1n) is 7.78. The van der Waals surface area contributed by atoms with Crippen LogP contribution in [0.1, 0.15) is 30.5 Å². The molecule has 2 aromatic rings. The Morgan fingerprint density at radius 3 is 2.91 bits per heavy atom. The van der Waals surface area contributed by atoms with E-state index in [1.807, 2.05) is 5.38 Å². The van der Waals surface area contributed by atoms with E-state index in [4.69, 9.17) is 0 Å². The molecule has 1 aliphatic heterocycles. The fourth-order valence-corrected chi connectivity index (χ4v) is 4.19. The maximum Gasteiger partial charge on any atom is 0.220 e. The average molecular weight is 335 g/mol. The van der Waals surface area contributed by atoms with E-state index < -0.39 is 0 Å². The van der Waals surface area contributed by atoms with Crippen LogP contribution >= 0.6 is 22.7 Å². The smallest absolute Gasteiger partial charge is 0.220 e. The molecular weight excluding hydrogens is 314 g/mol. The van der Waals surface area contributed by atoms with Crippen molar-refractivity contribution in [2.24, 2.45) is 0 Å². The van der Waals surface area contributed by atoms with Crippen molar-refractivity contribution in [3.63, 3.8) is 0 Å². The van der Waals surface area contributed by atoms with Crippen LogP contribution in [-0.4, -0.2) is 30.5 Å². The summed E-state index contributed by atoms with van der Waals surface area (Å²) in [4.78, 5) is 18.8. The Labute approximate surface area is 139 Å². The number of thiazole rings is 1. The van der Waals surface area contributed by atoms with E-state index in [1.54, 1.807) is 22.7 Å². The van der Waals surface area contributed by atoms with Crippen molar-refractivity contribution in [2.45, 2.75) is 32.1 Å². The zero-order chi connectivity index (χ0) is 15.2. The quantitative estimate of drug-likeness (QED) is 0.846. The molecule has 0 aromatic carbocycles. The summed E-state index contributed by atoms with van der Waals surface area (Å²) in [6.07, 6.45) is 4.75. The standard InChI is InChI=1S/C16H21N3OS2/c20-15(4-3-13-6-10-21-11-13)17-7-5-14-12-22-16(18-14)19-8-1-2-9-19/h6,10-12H,1-5,7-9H2,(H,17,20). The second-order valence-electron chi connectivity index (χ2n) is 5.55. The third kappa shape index (κ3) is 4.30. The Morgan fingerprint density at radius 1 is 1.27 bits per heavy atom. The van der Waals surface area contributed by atoms with Crippen LogP contribution in [0.15, 0.2) is 22.2 Å². The molecule has 6 heteroatoms. The first kappa shape index (κ1) is 15.5. The zero-order valence-electron chi connectivity index (χ0n) is 12.6. The Kier molecular flexibility index (Phi) is 5.45. The van der Waals surface area contributed by atoms with E-state index >= 15 is 0 Å². The Balaban J connectivity index is 1.36. The van der Waals surface area contributed by atoms with Gasteiger partial charge < -0.3 is 10.2 Å². The number of nitrogens with zero attached hydrogens (tertiary/aromatic N) is 2. The minimum absolute atomic E-state index is 0.126. The van der Waals surface area contributed by atoms with Gasteiger partial charge >= 0.3 is 0 Å². The highest BCUT2D eigenvalue weighted by atomic mass is 32.1. The summed E-state index contributed by atoms with van der Waals surface area (Å²) in [5.74, 6) is 0.126. The Hall–Kier alpha value is -1.40. The molecule has 4 nitrogen and oxygen atoms in total. The predicted octanol–water partition coefficient (Wildman–Crippen LogP) is 3.10. The Bertz CT molecular complexity index is 588. The van der Waals surface area contributed by atoms with Crippen molar-refractivity contribution < 1.29 is 4.79 Å². The van der Waals surface area contributed by atoms with E-state index in [2.05, 4.69) is 32.0 Å². The second-order valence-corrected chi connectivity index (χ2v) is 7.16. The highest BCUT2D eigenvalue weighted by molar-refractivity contribution is 7.13. The van der Waals surface area contributed by atoms with Gasteiger partial charge in [0.15, 0.2) is 5.13 Å². The Morgan fingerprint density at radius 2 is 2.14 bits per heavy atom. The maximum absolute atomic E-state index is 11.8. The van der Waals surface area contributed by atoms with Crippen LogP contribution in [0.3, 0.4) is 0 Å². The van der Waals surface area contributed by atoms with E-state index in [0.29, 0.717) is 13.0 Å². The largest absolute Gasteiger partial charge is 0.356 e. The van der Waals surface area contributed by atoms with E-state index in [-0.39, 0.29) is 5.91 Å². The molecule has 2 aromatic heterocycles. The van der Waals surface area contributed by atoms with E-state index in [9.17, 15) is 4.79 Å². The van der Waals surface area contributed by atoms with Gasteiger partial charge in [-0.3, -0.25) is 4.79 Å². The van der Waals surface area contributed by atoms with Crippen LogP contribution in [0.5, 0.6) is 0 Å². The lowest BCUT2D eigenvalue weighted by atomic mass is 10.2. The predicted molar refractivity (Wildman–Crippen MR) is 92.9 cm³/mol. The third-order valence-electron chi connectivity index (χ3n) is 3.84. The normalized spacial score (nSPS) is 14.5. The van der Waals surface area contributed by atoms with Gasteiger partial charge in [-0.25, -0.2) is 4.98 Å². The number of anilines is 1. The summed E-state index contributed by atoms with van der Waals surface area (Å²) < 4.78 is 0.